The highest BCUT2D eigenvalue weighted by molar-refractivity contribution is 6.18. The second kappa shape index (κ2) is 4.17. The third-order valence-corrected chi connectivity index (χ3v) is 2.08. The van der Waals surface area contributed by atoms with Crippen molar-refractivity contribution >= 4 is 22.5 Å². The molecule has 1 aromatic carbocycles. The first-order valence-corrected chi connectivity index (χ1v) is 4.93. The summed E-state index contributed by atoms with van der Waals surface area (Å²) < 4.78 is 0. The van der Waals surface area contributed by atoms with Gasteiger partial charge in [0.25, 0.3) is 0 Å². The molecule has 0 aliphatic heterocycles. The van der Waals surface area contributed by atoms with E-state index in [4.69, 9.17) is 11.6 Å². The number of nitrogens with one attached hydrogen (secondary N) is 1. The molecule has 1 heterocycles. The number of halogens is 1. The fourth-order valence-corrected chi connectivity index (χ4v) is 1.35. The molecule has 0 amide bonds. The van der Waals surface area contributed by atoms with Gasteiger partial charge in [0.15, 0.2) is 0 Å². The van der Waals surface area contributed by atoms with E-state index in [1.807, 2.05) is 24.3 Å². The molecule has 0 spiro atoms. The lowest BCUT2D eigenvalue weighted by atomic mass is 10.2. The Kier molecular flexibility index (Phi) is 2.71. The Morgan fingerprint density at radius 1 is 1.36 bits per heavy atom. The summed E-state index contributed by atoms with van der Waals surface area (Å²) in [4.78, 5) is 0. The van der Waals surface area contributed by atoms with Crippen molar-refractivity contribution in [1.82, 2.24) is 10.2 Å². The summed E-state index contributed by atoms with van der Waals surface area (Å²) in [6.45, 7) is 0. The molecule has 70 valence electrons. The first kappa shape index (κ1) is 9.11. The number of benzene rings is 1. The molecule has 0 saturated heterocycles. The van der Waals surface area contributed by atoms with Gasteiger partial charge in [-0.15, -0.1) is 11.6 Å². The van der Waals surface area contributed by atoms with Crippen LogP contribution in [-0.4, -0.2) is 16.1 Å². The van der Waals surface area contributed by atoms with Crippen molar-refractivity contribution in [3.63, 3.8) is 0 Å². The number of hydrogen-bond acceptors (Lipinski definition) is 1. The second-order valence-corrected chi connectivity index (χ2v) is 3.23. The average Bonchev–Trinajstić information content (AvgIpc) is 2.63. The van der Waals surface area contributed by atoms with E-state index in [9.17, 15) is 0 Å². The van der Waals surface area contributed by atoms with Gasteiger partial charge >= 0.3 is 0 Å². The van der Waals surface area contributed by atoms with E-state index >= 15 is 0 Å². The maximum Gasteiger partial charge on any atom is 0.115 e. The van der Waals surface area contributed by atoms with Gasteiger partial charge in [-0.05, 0) is 18.1 Å². The van der Waals surface area contributed by atoms with E-state index in [-0.39, 0.29) is 0 Å². The van der Waals surface area contributed by atoms with Gasteiger partial charge in [-0.1, -0.05) is 18.1 Å². The van der Waals surface area contributed by atoms with Crippen LogP contribution in [0, 0.1) is 11.8 Å². The van der Waals surface area contributed by atoms with Gasteiger partial charge in [0, 0.05) is 17.7 Å². The second-order valence-electron chi connectivity index (χ2n) is 2.86. The van der Waals surface area contributed by atoms with Crippen LogP contribution in [0.25, 0.3) is 10.9 Å². The van der Waals surface area contributed by atoms with E-state index in [1.165, 1.54) is 0 Å². The molecule has 2 rings (SSSR count). The summed E-state index contributed by atoms with van der Waals surface area (Å²) in [5.74, 6) is 6.56. The van der Waals surface area contributed by atoms with E-state index in [0.717, 1.165) is 16.6 Å². The van der Waals surface area contributed by atoms with Gasteiger partial charge < -0.3 is 0 Å². The molecule has 0 saturated carbocycles. The van der Waals surface area contributed by atoms with E-state index in [0.29, 0.717) is 12.3 Å². The number of alkyl halides is 1. The van der Waals surface area contributed by atoms with Crippen molar-refractivity contribution in [2.24, 2.45) is 0 Å². The summed E-state index contributed by atoms with van der Waals surface area (Å²) >= 11 is 5.53. The Morgan fingerprint density at radius 2 is 2.21 bits per heavy atom. The Hall–Kier alpha value is -1.46. The molecule has 1 N–H and O–H groups in total. The Balaban J connectivity index is 2.40. The molecule has 0 fully saturated rings. The van der Waals surface area contributed by atoms with Crippen molar-refractivity contribution < 1.29 is 0 Å². The quantitative estimate of drug-likeness (QED) is 0.561. The smallest absolute Gasteiger partial charge is 0.115 e. The molecular formula is C11H9ClN2. The maximum absolute atomic E-state index is 5.53. The number of fused-ring (bicyclic) bond motifs is 1. The molecule has 0 bridgehead atoms. The van der Waals surface area contributed by atoms with E-state index in [1.54, 1.807) is 0 Å². The normalized spacial score (nSPS) is 9.79. The monoisotopic (exact) mass is 204 g/mol. The molecular weight excluding hydrogens is 196 g/mol. The zero-order valence-electron chi connectivity index (χ0n) is 7.55. The minimum Gasteiger partial charge on any atom is -0.269 e. The first-order valence-electron chi connectivity index (χ1n) is 4.40. The molecule has 1 aromatic heterocycles. The number of rotatable bonds is 1. The largest absolute Gasteiger partial charge is 0.269 e. The topological polar surface area (TPSA) is 28.7 Å². The fourth-order valence-electron chi connectivity index (χ4n) is 1.25. The van der Waals surface area contributed by atoms with Crippen LogP contribution in [0.5, 0.6) is 0 Å². The fraction of sp³-hybridized carbons (Fsp3) is 0.182. The number of aromatic amines is 1. The lowest BCUT2D eigenvalue weighted by Crippen LogP contribution is -1.75. The van der Waals surface area contributed by atoms with Crippen molar-refractivity contribution in [2.75, 3.05) is 5.88 Å². The first-order chi connectivity index (χ1) is 6.92. The molecule has 0 atom stereocenters. The van der Waals surface area contributed by atoms with Crippen molar-refractivity contribution in [3.8, 4) is 11.8 Å². The molecule has 0 aliphatic rings. The average molecular weight is 205 g/mol. The molecule has 0 radical (unpaired) electrons. The van der Waals surface area contributed by atoms with Gasteiger partial charge in [-0.25, -0.2) is 0 Å². The van der Waals surface area contributed by atoms with Crippen LogP contribution in [0.15, 0.2) is 24.3 Å². The SMILES string of the molecule is ClCCC#Cc1[nH]nc2ccccc12. The summed E-state index contributed by atoms with van der Waals surface area (Å²) in [7, 11) is 0. The van der Waals surface area contributed by atoms with Crippen LogP contribution in [0.4, 0.5) is 0 Å². The molecule has 2 aromatic rings. The zero-order chi connectivity index (χ0) is 9.80. The highest BCUT2D eigenvalue weighted by Gasteiger charge is 1.99. The molecule has 14 heavy (non-hydrogen) atoms. The van der Waals surface area contributed by atoms with Gasteiger partial charge in [-0.3, -0.25) is 5.10 Å². The minimum atomic E-state index is 0.569. The zero-order valence-corrected chi connectivity index (χ0v) is 8.30. The maximum atomic E-state index is 5.53. The highest BCUT2D eigenvalue weighted by atomic mass is 35.5. The summed E-state index contributed by atoms with van der Waals surface area (Å²) in [6.07, 6.45) is 0.703. The number of hydrogen-bond donors (Lipinski definition) is 1. The summed E-state index contributed by atoms with van der Waals surface area (Å²) in [5, 5.41) is 8.11. The van der Waals surface area contributed by atoms with Gasteiger partial charge in [0.2, 0.25) is 0 Å². The summed E-state index contributed by atoms with van der Waals surface area (Å²) in [5.41, 5.74) is 1.81. The van der Waals surface area contributed by atoms with Crippen molar-refractivity contribution in [1.29, 1.82) is 0 Å². The van der Waals surface area contributed by atoms with Crippen LogP contribution in [0.2, 0.25) is 0 Å². The highest BCUT2D eigenvalue weighted by Crippen LogP contribution is 2.13. The lowest BCUT2D eigenvalue weighted by Gasteiger charge is -1.85. The Bertz CT molecular complexity index is 490. The van der Waals surface area contributed by atoms with E-state index in [2.05, 4.69) is 22.0 Å². The third-order valence-electron chi connectivity index (χ3n) is 1.89. The molecule has 0 aliphatic carbocycles. The van der Waals surface area contributed by atoms with Crippen LogP contribution in [-0.2, 0) is 0 Å². The predicted octanol–water partition coefficient (Wildman–Crippen LogP) is 2.54. The van der Waals surface area contributed by atoms with Crippen LogP contribution >= 0.6 is 11.6 Å². The minimum absolute atomic E-state index is 0.569. The number of nitrogens with zero attached hydrogens (tertiary/aromatic N) is 1. The standard InChI is InChI=1S/C11H9ClN2/c12-8-4-3-7-11-9-5-1-2-6-10(9)13-14-11/h1-2,5-6H,4,8H2,(H,13,14). The lowest BCUT2D eigenvalue weighted by molar-refractivity contribution is 1.10. The number of para-hydroxylation sites is 1. The Morgan fingerprint density at radius 3 is 3.07 bits per heavy atom. The van der Waals surface area contributed by atoms with Gasteiger partial charge in [-0.2, -0.15) is 5.10 Å². The van der Waals surface area contributed by atoms with Crippen molar-refractivity contribution in [3.05, 3.63) is 30.0 Å². The third kappa shape index (κ3) is 1.73. The Labute approximate surface area is 87.3 Å². The van der Waals surface area contributed by atoms with Crippen LogP contribution < -0.4 is 0 Å². The number of H-pyrrole nitrogens is 1. The van der Waals surface area contributed by atoms with Gasteiger partial charge in [0.1, 0.15) is 5.69 Å². The van der Waals surface area contributed by atoms with E-state index < -0.39 is 0 Å². The molecule has 0 unspecified atom stereocenters. The number of aromatic nitrogens is 2. The van der Waals surface area contributed by atoms with Gasteiger partial charge in [0.05, 0.1) is 5.52 Å². The van der Waals surface area contributed by atoms with Crippen LogP contribution in [0.3, 0.4) is 0 Å². The molecule has 2 nitrogen and oxygen atoms in total. The van der Waals surface area contributed by atoms with Crippen molar-refractivity contribution in [2.45, 2.75) is 6.42 Å². The predicted molar refractivity (Wildman–Crippen MR) is 58.3 cm³/mol. The summed E-state index contributed by atoms with van der Waals surface area (Å²) in [6, 6.07) is 7.89. The van der Waals surface area contributed by atoms with Crippen LogP contribution in [0.1, 0.15) is 12.1 Å². The molecule has 3 heteroatoms.